The summed E-state index contributed by atoms with van der Waals surface area (Å²) >= 11 is 1.67. The van der Waals surface area contributed by atoms with Crippen molar-refractivity contribution in [2.45, 2.75) is 51.0 Å². The Morgan fingerprint density at radius 3 is 2.59 bits per heavy atom. The number of thiazole rings is 1. The maximum Gasteiger partial charge on any atom is 0.274 e. The second-order valence-electron chi connectivity index (χ2n) is 10.4. The minimum absolute atomic E-state index is 0.0118. The van der Waals surface area contributed by atoms with Crippen LogP contribution in [-0.2, 0) is 7.05 Å². The average molecular weight is 513 g/mol. The van der Waals surface area contributed by atoms with Crippen LogP contribution >= 0.6 is 11.3 Å². The van der Waals surface area contributed by atoms with Crippen LogP contribution in [0.5, 0.6) is 0 Å². The number of carbonyl (C=O) groups excluding carboxylic acids is 2. The predicted octanol–water partition coefficient (Wildman–Crippen LogP) is 5.91. The first-order chi connectivity index (χ1) is 18.0. The first-order valence-corrected chi connectivity index (χ1v) is 14.0. The molecule has 0 radical (unpaired) electrons. The van der Waals surface area contributed by atoms with Crippen LogP contribution in [-0.4, -0.2) is 45.4 Å². The molecule has 1 N–H and O–H groups in total. The van der Waals surface area contributed by atoms with Gasteiger partial charge in [-0.2, -0.15) is 0 Å². The van der Waals surface area contributed by atoms with E-state index in [2.05, 4.69) is 36.5 Å². The van der Waals surface area contributed by atoms with Crippen molar-refractivity contribution in [3.05, 3.63) is 76.6 Å². The van der Waals surface area contributed by atoms with Crippen molar-refractivity contribution in [3.8, 4) is 10.4 Å². The van der Waals surface area contributed by atoms with Gasteiger partial charge < -0.3 is 14.8 Å². The zero-order valence-electron chi connectivity index (χ0n) is 21.4. The van der Waals surface area contributed by atoms with Gasteiger partial charge in [0.25, 0.3) is 11.8 Å². The SMILES string of the molecule is Cc1ccc(-c2sc(C3CC3)nc2C(=O)N2CCCC[C@H]2CNC(=O)c2cc3ccccc3n2C)cc1. The largest absolute Gasteiger partial charge is 0.349 e. The molecular formula is C30H32N4O2S. The van der Waals surface area contributed by atoms with Gasteiger partial charge in [-0.25, -0.2) is 4.98 Å². The van der Waals surface area contributed by atoms with E-state index in [1.165, 1.54) is 5.56 Å². The monoisotopic (exact) mass is 512 g/mol. The Kier molecular flexibility index (Phi) is 6.32. The molecule has 2 aliphatic rings. The molecule has 6 nitrogen and oxygen atoms in total. The van der Waals surface area contributed by atoms with Crippen molar-refractivity contribution < 1.29 is 9.59 Å². The van der Waals surface area contributed by atoms with Gasteiger partial charge in [-0.3, -0.25) is 9.59 Å². The minimum atomic E-state index is -0.110. The van der Waals surface area contributed by atoms with E-state index in [1.807, 2.05) is 46.8 Å². The third-order valence-electron chi connectivity index (χ3n) is 7.66. The number of aryl methyl sites for hydroxylation is 2. The van der Waals surface area contributed by atoms with Gasteiger partial charge >= 0.3 is 0 Å². The molecule has 37 heavy (non-hydrogen) atoms. The number of rotatable bonds is 6. The third-order valence-corrected chi connectivity index (χ3v) is 8.92. The van der Waals surface area contributed by atoms with Crippen LogP contribution in [0.1, 0.15) is 69.6 Å². The fourth-order valence-electron chi connectivity index (χ4n) is 5.31. The summed E-state index contributed by atoms with van der Waals surface area (Å²) in [5, 5.41) is 5.25. The standard InChI is InChI=1S/C30H32N4O2S/c1-19-10-12-20(13-11-19)27-26(32-29(37-27)21-14-15-21)30(36)34-16-6-5-8-23(34)18-31-28(35)25-17-22-7-3-4-9-24(22)33(25)2/h3-4,7,9-13,17,21,23H,5-6,8,14-16,18H2,1-2H3,(H,31,35)/t23-/m0/s1. The molecule has 2 aromatic carbocycles. The number of hydrogen-bond acceptors (Lipinski definition) is 4. The van der Waals surface area contributed by atoms with Gasteiger partial charge in [0.15, 0.2) is 0 Å². The smallest absolute Gasteiger partial charge is 0.274 e. The van der Waals surface area contributed by atoms with Gasteiger partial charge in [-0.15, -0.1) is 11.3 Å². The Morgan fingerprint density at radius 2 is 1.84 bits per heavy atom. The number of hydrogen-bond donors (Lipinski definition) is 1. The summed E-state index contributed by atoms with van der Waals surface area (Å²) in [6.45, 7) is 3.20. The maximum absolute atomic E-state index is 14.0. The zero-order valence-corrected chi connectivity index (χ0v) is 22.2. The van der Waals surface area contributed by atoms with Crippen molar-refractivity contribution >= 4 is 34.1 Å². The average Bonchev–Trinajstić information content (AvgIpc) is 3.59. The third kappa shape index (κ3) is 4.68. The number of fused-ring (bicyclic) bond motifs is 1. The number of piperidine rings is 1. The molecule has 1 atom stereocenters. The second kappa shape index (κ2) is 9.78. The van der Waals surface area contributed by atoms with Gasteiger partial charge in [0.2, 0.25) is 0 Å². The molecule has 2 fully saturated rings. The van der Waals surface area contributed by atoms with Crippen LogP contribution < -0.4 is 5.32 Å². The van der Waals surface area contributed by atoms with Crippen molar-refractivity contribution in [1.29, 1.82) is 0 Å². The van der Waals surface area contributed by atoms with E-state index in [1.54, 1.807) is 11.3 Å². The molecule has 1 aliphatic heterocycles. The summed E-state index contributed by atoms with van der Waals surface area (Å²) in [7, 11) is 1.92. The number of likely N-dealkylation sites (tertiary alicyclic amines) is 1. The van der Waals surface area contributed by atoms with E-state index >= 15 is 0 Å². The minimum Gasteiger partial charge on any atom is -0.349 e. The molecule has 1 saturated carbocycles. The quantitative estimate of drug-likeness (QED) is 0.349. The molecule has 3 heterocycles. The van der Waals surface area contributed by atoms with E-state index in [-0.39, 0.29) is 17.9 Å². The number of benzene rings is 2. The van der Waals surface area contributed by atoms with Crippen LogP contribution in [0.25, 0.3) is 21.3 Å². The molecule has 190 valence electrons. The number of para-hydroxylation sites is 1. The van der Waals surface area contributed by atoms with Gasteiger partial charge in [0.05, 0.1) is 9.88 Å². The number of amides is 2. The van der Waals surface area contributed by atoms with E-state index < -0.39 is 0 Å². The molecule has 4 aromatic rings. The van der Waals surface area contributed by atoms with E-state index in [4.69, 9.17) is 4.98 Å². The summed E-state index contributed by atoms with van der Waals surface area (Å²) < 4.78 is 1.93. The number of carbonyl (C=O) groups is 2. The first-order valence-electron chi connectivity index (χ1n) is 13.2. The molecule has 1 aliphatic carbocycles. The van der Waals surface area contributed by atoms with Gasteiger partial charge in [-0.1, -0.05) is 48.0 Å². The number of nitrogens with zero attached hydrogens (tertiary/aromatic N) is 3. The molecule has 2 aromatic heterocycles. The maximum atomic E-state index is 14.0. The number of aromatic nitrogens is 2. The van der Waals surface area contributed by atoms with Crippen LogP contribution in [0.4, 0.5) is 0 Å². The van der Waals surface area contributed by atoms with Gasteiger partial charge in [0, 0.05) is 43.0 Å². The molecule has 6 rings (SSSR count). The Morgan fingerprint density at radius 1 is 1.05 bits per heavy atom. The Balaban J connectivity index is 1.23. The van der Waals surface area contributed by atoms with E-state index in [9.17, 15) is 9.59 Å². The summed E-state index contributed by atoms with van der Waals surface area (Å²) in [5.41, 5.74) is 4.48. The fourth-order valence-corrected chi connectivity index (χ4v) is 6.54. The molecule has 0 unspecified atom stereocenters. The lowest BCUT2D eigenvalue weighted by atomic mass is 10.0. The highest BCUT2D eigenvalue weighted by Gasteiger charge is 2.34. The lowest BCUT2D eigenvalue weighted by Gasteiger charge is -2.35. The van der Waals surface area contributed by atoms with Crippen molar-refractivity contribution in [2.75, 3.05) is 13.1 Å². The van der Waals surface area contributed by atoms with Gasteiger partial charge in [-0.05, 0) is 56.7 Å². The van der Waals surface area contributed by atoms with E-state index in [0.29, 0.717) is 30.4 Å². The molecular weight excluding hydrogens is 480 g/mol. The van der Waals surface area contributed by atoms with Gasteiger partial charge in [0.1, 0.15) is 11.4 Å². The normalized spacial score (nSPS) is 17.8. The summed E-state index contributed by atoms with van der Waals surface area (Å²) in [5.74, 6) is 0.372. The molecule has 0 spiro atoms. The molecule has 1 saturated heterocycles. The summed E-state index contributed by atoms with van der Waals surface area (Å²) in [6, 6.07) is 18.2. The molecule has 2 amide bonds. The first kappa shape index (κ1) is 23.9. The summed E-state index contributed by atoms with van der Waals surface area (Å²) in [6.07, 6.45) is 5.20. The molecule has 7 heteroatoms. The van der Waals surface area contributed by atoms with Crippen LogP contribution in [0.3, 0.4) is 0 Å². The second-order valence-corrected chi connectivity index (χ2v) is 11.4. The van der Waals surface area contributed by atoms with Crippen LogP contribution in [0, 0.1) is 6.92 Å². The highest BCUT2D eigenvalue weighted by molar-refractivity contribution is 7.15. The van der Waals surface area contributed by atoms with E-state index in [0.717, 1.165) is 58.5 Å². The van der Waals surface area contributed by atoms with Crippen molar-refractivity contribution in [1.82, 2.24) is 19.8 Å². The molecule has 0 bridgehead atoms. The fraction of sp³-hybridized carbons (Fsp3) is 0.367. The predicted molar refractivity (Wildman–Crippen MR) is 148 cm³/mol. The lowest BCUT2D eigenvalue weighted by molar-refractivity contribution is 0.0597. The van der Waals surface area contributed by atoms with Crippen LogP contribution in [0.2, 0.25) is 0 Å². The lowest BCUT2D eigenvalue weighted by Crippen LogP contribution is -2.49. The zero-order chi connectivity index (χ0) is 25.5. The Labute approximate surface area is 221 Å². The van der Waals surface area contributed by atoms with Crippen LogP contribution in [0.15, 0.2) is 54.6 Å². The number of nitrogens with one attached hydrogen (secondary N) is 1. The van der Waals surface area contributed by atoms with Crippen molar-refractivity contribution in [2.24, 2.45) is 7.05 Å². The Bertz CT molecular complexity index is 1460. The highest BCUT2D eigenvalue weighted by atomic mass is 32.1. The Hall–Kier alpha value is -3.45. The highest BCUT2D eigenvalue weighted by Crippen LogP contribution is 2.45. The topological polar surface area (TPSA) is 67.2 Å². The van der Waals surface area contributed by atoms with Crippen molar-refractivity contribution in [3.63, 3.8) is 0 Å². The summed E-state index contributed by atoms with van der Waals surface area (Å²) in [4.78, 5) is 34.9.